The Morgan fingerprint density at radius 1 is 1.00 bits per heavy atom. The molecule has 0 saturated carbocycles. The van der Waals surface area contributed by atoms with Gasteiger partial charge in [0.05, 0.1) is 5.41 Å². The molecule has 2 amide bonds. The van der Waals surface area contributed by atoms with Crippen molar-refractivity contribution >= 4 is 18.0 Å². The Hall–Kier alpha value is -3.35. The molecular weight excluding hydrogens is 444 g/mol. The number of likely N-dealkylation sites (tertiary alicyclic amines) is 1. The molecule has 1 fully saturated rings. The van der Waals surface area contributed by atoms with Gasteiger partial charge < -0.3 is 20.1 Å². The molecule has 35 heavy (non-hydrogen) atoms. The van der Waals surface area contributed by atoms with Crippen LogP contribution in [-0.2, 0) is 14.3 Å². The fourth-order valence-electron chi connectivity index (χ4n) is 5.20. The fourth-order valence-corrected chi connectivity index (χ4v) is 5.20. The van der Waals surface area contributed by atoms with Gasteiger partial charge in [0.25, 0.3) is 0 Å². The molecule has 0 radical (unpaired) electrons. The van der Waals surface area contributed by atoms with E-state index in [1.807, 2.05) is 43.0 Å². The second-order valence-corrected chi connectivity index (χ2v) is 10.2. The monoisotopic (exact) mass is 478 g/mol. The first-order chi connectivity index (χ1) is 16.8. The summed E-state index contributed by atoms with van der Waals surface area (Å²) in [6.45, 7) is 5.32. The molecule has 2 aliphatic rings. The van der Waals surface area contributed by atoms with Crippen LogP contribution in [0.25, 0.3) is 11.1 Å². The Labute approximate surface area is 206 Å². The van der Waals surface area contributed by atoms with Crippen molar-refractivity contribution in [2.75, 3.05) is 26.2 Å². The minimum Gasteiger partial charge on any atom is -0.481 e. The zero-order chi connectivity index (χ0) is 25.0. The maximum atomic E-state index is 13.1. The van der Waals surface area contributed by atoms with Gasteiger partial charge in [0.15, 0.2) is 0 Å². The number of carboxylic acid groups (broad SMARTS) is 1. The summed E-state index contributed by atoms with van der Waals surface area (Å²) in [4.78, 5) is 38.2. The molecule has 4 rings (SSSR count). The number of fused-ring (bicyclic) bond motifs is 3. The van der Waals surface area contributed by atoms with Gasteiger partial charge in [0, 0.05) is 32.0 Å². The summed E-state index contributed by atoms with van der Waals surface area (Å²) < 4.78 is 5.60. The molecule has 0 spiro atoms. The van der Waals surface area contributed by atoms with E-state index in [9.17, 15) is 14.4 Å². The third kappa shape index (κ3) is 5.66. The van der Waals surface area contributed by atoms with Gasteiger partial charge in [-0.1, -0.05) is 48.5 Å². The molecule has 186 valence electrons. The Kier molecular flexibility index (Phi) is 7.43. The number of amides is 2. The van der Waals surface area contributed by atoms with E-state index in [0.717, 1.165) is 24.0 Å². The molecule has 1 aliphatic heterocycles. The first-order valence-corrected chi connectivity index (χ1v) is 12.4. The molecule has 2 aromatic rings. The van der Waals surface area contributed by atoms with Crippen LogP contribution in [0.3, 0.4) is 0 Å². The van der Waals surface area contributed by atoms with Crippen molar-refractivity contribution in [1.82, 2.24) is 10.2 Å². The molecular formula is C28H34N2O5. The third-order valence-corrected chi connectivity index (χ3v) is 7.27. The third-order valence-electron chi connectivity index (χ3n) is 7.27. The summed E-state index contributed by atoms with van der Waals surface area (Å²) in [7, 11) is 0. The molecule has 0 bridgehead atoms. The number of carbonyl (C=O) groups excluding carboxylic acids is 2. The maximum absolute atomic E-state index is 13.1. The number of hydrogen-bond acceptors (Lipinski definition) is 4. The van der Waals surface area contributed by atoms with Gasteiger partial charge in [-0.2, -0.15) is 0 Å². The number of carbonyl (C=O) groups is 3. The van der Waals surface area contributed by atoms with Crippen molar-refractivity contribution in [3.05, 3.63) is 59.7 Å². The summed E-state index contributed by atoms with van der Waals surface area (Å²) in [5.74, 6) is -0.445. The highest BCUT2D eigenvalue weighted by atomic mass is 16.5. The molecule has 0 aromatic heterocycles. The number of alkyl carbamates (subject to hydrolysis) is 1. The minimum absolute atomic E-state index is 0.00636. The number of rotatable bonds is 8. The smallest absolute Gasteiger partial charge is 0.407 e. The lowest BCUT2D eigenvalue weighted by molar-refractivity contribution is -0.142. The summed E-state index contributed by atoms with van der Waals surface area (Å²) in [6.07, 6.45) is 1.93. The Morgan fingerprint density at radius 3 is 2.14 bits per heavy atom. The number of carboxylic acids is 1. The number of benzene rings is 2. The summed E-state index contributed by atoms with van der Waals surface area (Å²) >= 11 is 0. The van der Waals surface area contributed by atoms with Crippen LogP contribution in [0.15, 0.2) is 48.5 Å². The molecule has 1 saturated heterocycles. The predicted octanol–water partition coefficient (Wildman–Crippen LogP) is 4.65. The van der Waals surface area contributed by atoms with Crippen molar-refractivity contribution in [1.29, 1.82) is 0 Å². The van der Waals surface area contributed by atoms with Crippen molar-refractivity contribution in [2.24, 2.45) is 11.3 Å². The lowest BCUT2D eigenvalue weighted by Crippen LogP contribution is -2.49. The van der Waals surface area contributed by atoms with E-state index in [4.69, 9.17) is 9.84 Å². The normalized spacial score (nSPS) is 15.9. The van der Waals surface area contributed by atoms with E-state index in [-0.39, 0.29) is 31.4 Å². The second kappa shape index (κ2) is 10.5. The lowest BCUT2D eigenvalue weighted by Gasteiger charge is -2.37. The summed E-state index contributed by atoms with van der Waals surface area (Å²) in [5, 5.41) is 11.7. The van der Waals surface area contributed by atoms with E-state index >= 15 is 0 Å². The van der Waals surface area contributed by atoms with Gasteiger partial charge in [0.1, 0.15) is 6.61 Å². The molecule has 7 nitrogen and oxygen atoms in total. The topological polar surface area (TPSA) is 95.9 Å². The van der Waals surface area contributed by atoms with Gasteiger partial charge in [0.2, 0.25) is 5.91 Å². The number of nitrogens with zero attached hydrogens (tertiary/aromatic N) is 1. The molecule has 0 unspecified atom stereocenters. The van der Waals surface area contributed by atoms with Crippen LogP contribution in [0.5, 0.6) is 0 Å². The van der Waals surface area contributed by atoms with Gasteiger partial charge in [-0.15, -0.1) is 0 Å². The van der Waals surface area contributed by atoms with Crippen LogP contribution in [0, 0.1) is 11.3 Å². The Bertz CT molecular complexity index is 1040. The van der Waals surface area contributed by atoms with Crippen LogP contribution in [-0.4, -0.2) is 54.2 Å². The van der Waals surface area contributed by atoms with Crippen LogP contribution < -0.4 is 5.32 Å². The van der Waals surface area contributed by atoms with Crippen LogP contribution >= 0.6 is 0 Å². The number of ether oxygens (including phenoxy) is 1. The first kappa shape index (κ1) is 24.8. The summed E-state index contributed by atoms with van der Waals surface area (Å²) in [6, 6.07) is 16.4. The van der Waals surface area contributed by atoms with Crippen molar-refractivity contribution in [3.8, 4) is 11.1 Å². The van der Waals surface area contributed by atoms with Gasteiger partial charge in [-0.05, 0) is 61.3 Å². The van der Waals surface area contributed by atoms with Crippen LogP contribution in [0.2, 0.25) is 0 Å². The van der Waals surface area contributed by atoms with Crippen molar-refractivity contribution in [3.63, 3.8) is 0 Å². The molecule has 2 N–H and O–H groups in total. The van der Waals surface area contributed by atoms with Crippen LogP contribution in [0.4, 0.5) is 4.79 Å². The SMILES string of the molecule is CC(C)(CNC(=O)OCC1c2ccccc2-c2ccccc21)C(=O)N1CCC(CCC(=O)O)CC1. The maximum Gasteiger partial charge on any atom is 0.407 e. The van der Waals surface area contributed by atoms with E-state index in [1.165, 1.54) is 11.1 Å². The predicted molar refractivity (Wildman–Crippen MR) is 133 cm³/mol. The zero-order valence-electron chi connectivity index (χ0n) is 20.5. The van der Waals surface area contributed by atoms with Gasteiger partial charge in [-0.3, -0.25) is 9.59 Å². The van der Waals surface area contributed by atoms with Crippen LogP contribution in [0.1, 0.15) is 56.6 Å². The lowest BCUT2D eigenvalue weighted by atomic mass is 9.87. The zero-order valence-corrected chi connectivity index (χ0v) is 20.5. The largest absolute Gasteiger partial charge is 0.481 e. The molecule has 7 heteroatoms. The van der Waals surface area contributed by atoms with Gasteiger partial charge >= 0.3 is 12.1 Å². The molecule has 0 atom stereocenters. The Morgan fingerprint density at radius 2 is 1.57 bits per heavy atom. The Balaban J connectivity index is 1.26. The standard InChI is InChI=1S/C28H34N2O5/c1-28(2,26(33)30-15-13-19(14-16-30)11-12-25(31)32)18-29-27(34)35-17-24-22-9-5-3-7-20(22)21-8-4-6-10-23(21)24/h3-10,19,24H,11-18H2,1-2H3,(H,29,34)(H,31,32). The molecule has 1 aliphatic carbocycles. The minimum atomic E-state index is -0.774. The quantitative estimate of drug-likeness (QED) is 0.576. The average Bonchev–Trinajstić information content (AvgIpc) is 3.18. The van der Waals surface area contributed by atoms with E-state index in [0.29, 0.717) is 25.4 Å². The van der Waals surface area contributed by atoms with Crippen molar-refractivity contribution in [2.45, 2.75) is 45.4 Å². The number of aliphatic carboxylic acids is 1. The highest BCUT2D eigenvalue weighted by Gasteiger charge is 2.35. The molecule has 2 aromatic carbocycles. The molecule has 1 heterocycles. The van der Waals surface area contributed by atoms with Gasteiger partial charge in [-0.25, -0.2) is 4.79 Å². The fraction of sp³-hybridized carbons (Fsp3) is 0.464. The van der Waals surface area contributed by atoms with E-state index in [2.05, 4.69) is 29.6 Å². The summed E-state index contributed by atoms with van der Waals surface area (Å²) in [5.41, 5.74) is 3.90. The van der Waals surface area contributed by atoms with E-state index in [1.54, 1.807) is 0 Å². The second-order valence-electron chi connectivity index (χ2n) is 10.2. The van der Waals surface area contributed by atoms with Crippen molar-refractivity contribution < 1.29 is 24.2 Å². The number of piperidine rings is 1. The van der Waals surface area contributed by atoms with E-state index < -0.39 is 17.5 Å². The number of hydrogen-bond donors (Lipinski definition) is 2. The number of nitrogens with one attached hydrogen (secondary N) is 1. The highest BCUT2D eigenvalue weighted by Crippen LogP contribution is 2.44. The highest BCUT2D eigenvalue weighted by molar-refractivity contribution is 5.83. The first-order valence-electron chi connectivity index (χ1n) is 12.4. The average molecular weight is 479 g/mol.